The Morgan fingerprint density at radius 2 is 1.77 bits per heavy atom. The molecular weight excluding hydrogens is 328 g/mol. The summed E-state index contributed by atoms with van der Waals surface area (Å²) < 4.78 is 1.92. The lowest BCUT2D eigenvalue weighted by molar-refractivity contribution is -0.135. The van der Waals surface area contributed by atoms with Crippen molar-refractivity contribution in [3.63, 3.8) is 0 Å². The molecule has 1 saturated heterocycles. The van der Waals surface area contributed by atoms with Gasteiger partial charge in [-0.25, -0.2) is 0 Å². The second kappa shape index (κ2) is 6.52. The van der Waals surface area contributed by atoms with Crippen LogP contribution in [0, 0.1) is 5.92 Å². The average molecular weight is 354 g/mol. The molecule has 0 unspecified atom stereocenters. The number of aromatic nitrogens is 4. The molecule has 2 aromatic rings. The number of carbonyl (C=O) groups is 1. The maximum Gasteiger partial charge on any atom is 0.225 e. The predicted molar refractivity (Wildman–Crippen MR) is 98.1 cm³/mol. The van der Waals surface area contributed by atoms with Crippen molar-refractivity contribution in [2.24, 2.45) is 5.92 Å². The SMILES string of the molecule is O=C(C1CCCC1)N1CCCN(c2ccc3nnc(C4CC4)n3n2)CC1. The van der Waals surface area contributed by atoms with Gasteiger partial charge in [-0.05, 0) is 44.2 Å². The summed E-state index contributed by atoms with van der Waals surface area (Å²) in [6.07, 6.45) is 7.95. The van der Waals surface area contributed by atoms with Crippen molar-refractivity contribution in [3.8, 4) is 0 Å². The second-order valence-corrected chi connectivity index (χ2v) is 7.94. The van der Waals surface area contributed by atoms with Crippen LogP contribution in [0.15, 0.2) is 12.1 Å². The first-order valence-corrected chi connectivity index (χ1v) is 10.1. The molecule has 0 spiro atoms. The van der Waals surface area contributed by atoms with Crippen LogP contribution in [0.3, 0.4) is 0 Å². The molecule has 0 N–H and O–H groups in total. The highest BCUT2D eigenvalue weighted by atomic mass is 16.2. The van der Waals surface area contributed by atoms with Gasteiger partial charge >= 0.3 is 0 Å². The average Bonchev–Trinajstić information content (AvgIpc) is 3.27. The van der Waals surface area contributed by atoms with E-state index in [4.69, 9.17) is 5.10 Å². The molecule has 2 aliphatic carbocycles. The monoisotopic (exact) mass is 354 g/mol. The van der Waals surface area contributed by atoms with E-state index in [0.717, 1.165) is 62.7 Å². The van der Waals surface area contributed by atoms with Gasteiger partial charge in [0, 0.05) is 38.0 Å². The van der Waals surface area contributed by atoms with Crippen LogP contribution < -0.4 is 4.90 Å². The van der Waals surface area contributed by atoms with Crippen LogP contribution in [0.4, 0.5) is 5.82 Å². The van der Waals surface area contributed by atoms with Crippen LogP contribution in [-0.4, -0.2) is 56.8 Å². The van der Waals surface area contributed by atoms with Gasteiger partial charge in [0.05, 0.1) is 0 Å². The number of anilines is 1. The molecule has 7 nitrogen and oxygen atoms in total. The standard InChI is InChI=1S/C19H26N6O/c26-19(15-4-1-2-5-15)24-11-3-10-23(12-13-24)17-9-8-16-20-21-18(14-6-7-14)25(16)22-17/h8-9,14-15H,1-7,10-13H2. The topological polar surface area (TPSA) is 66.6 Å². The van der Waals surface area contributed by atoms with Gasteiger partial charge in [0.2, 0.25) is 5.91 Å². The first kappa shape index (κ1) is 16.0. The number of carbonyl (C=O) groups excluding carboxylic acids is 1. The van der Waals surface area contributed by atoms with Crippen LogP contribution in [0.5, 0.6) is 0 Å². The lowest BCUT2D eigenvalue weighted by atomic mass is 10.1. The molecule has 0 atom stereocenters. The molecule has 7 heteroatoms. The minimum absolute atomic E-state index is 0.272. The van der Waals surface area contributed by atoms with Crippen LogP contribution >= 0.6 is 0 Å². The molecule has 0 aromatic carbocycles. The van der Waals surface area contributed by atoms with E-state index in [1.165, 1.54) is 25.7 Å². The minimum Gasteiger partial charge on any atom is -0.353 e. The lowest BCUT2D eigenvalue weighted by Crippen LogP contribution is -2.38. The largest absolute Gasteiger partial charge is 0.353 e. The number of amides is 1. The van der Waals surface area contributed by atoms with E-state index in [2.05, 4.69) is 20.0 Å². The quantitative estimate of drug-likeness (QED) is 0.846. The molecule has 0 bridgehead atoms. The Balaban J connectivity index is 1.32. The second-order valence-electron chi connectivity index (χ2n) is 7.94. The summed E-state index contributed by atoms with van der Waals surface area (Å²) in [4.78, 5) is 17.1. The number of fused-ring (bicyclic) bond motifs is 1. The van der Waals surface area contributed by atoms with E-state index >= 15 is 0 Å². The van der Waals surface area contributed by atoms with Gasteiger partial charge in [-0.1, -0.05) is 12.8 Å². The summed E-state index contributed by atoms with van der Waals surface area (Å²) >= 11 is 0. The van der Waals surface area contributed by atoms with Crippen molar-refractivity contribution in [1.82, 2.24) is 24.7 Å². The Kier molecular flexibility index (Phi) is 4.02. The predicted octanol–water partition coefficient (Wildman–Crippen LogP) is 2.23. The van der Waals surface area contributed by atoms with Crippen molar-refractivity contribution in [3.05, 3.63) is 18.0 Å². The molecule has 0 radical (unpaired) electrons. The molecule has 1 aliphatic heterocycles. The third-order valence-electron chi connectivity index (χ3n) is 6.05. The molecular formula is C19H26N6O. The summed E-state index contributed by atoms with van der Waals surface area (Å²) in [5, 5.41) is 13.4. The van der Waals surface area contributed by atoms with E-state index < -0.39 is 0 Å². The third kappa shape index (κ3) is 2.93. The summed E-state index contributed by atoms with van der Waals surface area (Å²) in [5.74, 6) is 3.14. The van der Waals surface area contributed by atoms with Gasteiger partial charge in [0.15, 0.2) is 11.5 Å². The van der Waals surface area contributed by atoms with Crippen molar-refractivity contribution in [1.29, 1.82) is 0 Å². The Hall–Kier alpha value is -2.18. The summed E-state index contributed by atoms with van der Waals surface area (Å²) in [7, 11) is 0. The molecule has 3 fully saturated rings. The fourth-order valence-electron chi connectivity index (χ4n) is 4.36. The fourth-order valence-corrected chi connectivity index (χ4v) is 4.36. The number of nitrogens with zero attached hydrogens (tertiary/aromatic N) is 6. The van der Waals surface area contributed by atoms with Crippen molar-refractivity contribution in [2.45, 2.75) is 50.9 Å². The van der Waals surface area contributed by atoms with Gasteiger partial charge in [0.1, 0.15) is 5.82 Å². The lowest BCUT2D eigenvalue weighted by Gasteiger charge is -2.24. The number of rotatable bonds is 3. The third-order valence-corrected chi connectivity index (χ3v) is 6.05. The van der Waals surface area contributed by atoms with Gasteiger partial charge in [-0.15, -0.1) is 15.3 Å². The molecule has 138 valence electrons. The van der Waals surface area contributed by atoms with Gasteiger partial charge < -0.3 is 9.80 Å². The highest BCUT2D eigenvalue weighted by molar-refractivity contribution is 5.79. The first-order chi connectivity index (χ1) is 12.8. The normalized spacial score (nSPS) is 22.2. The Morgan fingerprint density at radius 1 is 0.923 bits per heavy atom. The number of hydrogen-bond acceptors (Lipinski definition) is 5. The molecule has 2 saturated carbocycles. The smallest absolute Gasteiger partial charge is 0.225 e. The van der Waals surface area contributed by atoms with Crippen molar-refractivity contribution < 1.29 is 4.79 Å². The maximum absolute atomic E-state index is 12.7. The molecule has 26 heavy (non-hydrogen) atoms. The van der Waals surface area contributed by atoms with Crippen LogP contribution in [0.25, 0.3) is 5.65 Å². The zero-order chi connectivity index (χ0) is 17.5. The highest BCUT2D eigenvalue weighted by Gasteiger charge is 2.30. The van der Waals surface area contributed by atoms with Crippen molar-refractivity contribution >= 4 is 17.4 Å². The zero-order valence-electron chi connectivity index (χ0n) is 15.2. The van der Waals surface area contributed by atoms with Crippen molar-refractivity contribution in [2.75, 3.05) is 31.1 Å². The van der Waals surface area contributed by atoms with E-state index in [9.17, 15) is 4.79 Å². The van der Waals surface area contributed by atoms with Crippen LogP contribution in [-0.2, 0) is 4.79 Å². The minimum atomic E-state index is 0.272. The van der Waals surface area contributed by atoms with Crippen LogP contribution in [0.2, 0.25) is 0 Å². The maximum atomic E-state index is 12.7. The molecule has 3 heterocycles. The molecule has 2 aromatic heterocycles. The summed E-state index contributed by atoms with van der Waals surface area (Å²) in [6.45, 7) is 3.45. The molecule has 1 amide bonds. The van der Waals surface area contributed by atoms with Gasteiger partial charge in [-0.3, -0.25) is 4.79 Å². The van der Waals surface area contributed by atoms with E-state index in [0.29, 0.717) is 11.8 Å². The number of hydrogen-bond donors (Lipinski definition) is 0. The Morgan fingerprint density at radius 3 is 2.58 bits per heavy atom. The first-order valence-electron chi connectivity index (χ1n) is 10.1. The highest BCUT2D eigenvalue weighted by Crippen LogP contribution is 2.38. The molecule has 3 aliphatic rings. The Bertz CT molecular complexity index is 807. The zero-order valence-corrected chi connectivity index (χ0v) is 15.2. The van der Waals surface area contributed by atoms with Gasteiger partial charge in [0.25, 0.3) is 0 Å². The summed E-state index contributed by atoms with van der Waals surface area (Å²) in [5.41, 5.74) is 0.823. The van der Waals surface area contributed by atoms with E-state index in [1.807, 2.05) is 16.6 Å². The Labute approximate surface area is 153 Å². The van der Waals surface area contributed by atoms with E-state index in [1.54, 1.807) is 0 Å². The molecule has 5 rings (SSSR count). The van der Waals surface area contributed by atoms with E-state index in [-0.39, 0.29) is 5.92 Å². The van der Waals surface area contributed by atoms with Gasteiger partial charge in [-0.2, -0.15) is 4.52 Å². The summed E-state index contributed by atoms with van der Waals surface area (Å²) in [6, 6.07) is 4.04. The fraction of sp³-hybridized carbons (Fsp3) is 0.684. The van der Waals surface area contributed by atoms with Crippen LogP contribution in [0.1, 0.15) is 56.7 Å².